The molecule has 114 valence electrons. The molecule has 0 bridgehead atoms. The second kappa shape index (κ2) is 6.35. The van der Waals surface area contributed by atoms with Crippen LogP contribution >= 0.6 is 0 Å². The lowest BCUT2D eigenvalue weighted by molar-refractivity contribution is -0.132. The topological polar surface area (TPSA) is 20.3 Å². The fourth-order valence-electron chi connectivity index (χ4n) is 3.26. The maximum Gasteiger partial charge on any atom is 0.226 e. The van der Waals surface area contributed by atoms with E-state index in [-0.39, 0.29) is 12.0 Å². The van der Waals surface area contributed by atoms with Crippen molar-refractivity contribution >= 4 is 5.91 Å². The van der Waals surface area contributed by atoms with E-state index in [2.05, 4.69) is 50.2 Å². The van der Waals surface area contributed by atoms with E-state index in [0.29, 0.717) is 5.91 Å². The summed E-state index contributed by atoms with van der Waals surface area (Å²) in [7, 11) is 0. The standard InChI is InChI=1S/C20H23NO/c1-15-8-10-17(11-9-15)14-19-12-13-21(20(19)22)16(2)18-6-4-3-5-7-18/h3-11,16,19H,12-14H2,1-2H3/t16-,19-/m0/s1. The minimum Gasteiger partial charge on any atom is -0.336 e. The van der Waals surface area contributed by atoms with Crippen LogP contribution in [0.15, 0.2) is 54.6 Å². The molecule has 2 atom stereocenters. The highest BCUT2D eigenvalue weighted by Gasteiger charge is 2.34. The van der Waals surface area contributed by atoms with Crippen molar-refractivity contribution in [3.05, 3.63) is 71.3 Å². The first-order valence-electron chi connectivity index (χ1n) is 8.06. The van der Waals surface area contributed by atoms with Gasteiger partial charge < -0.3 is 4.90 Å². The SMILES string of the molecule is Cc1ccc(C[C@@H]2CCN([C@@H](C)c3ccccc3)C2=O)cc1. The lowest BCUT2D eigenvalue weighted by Crippen LogP contribution is -2.30. The molecule has 0 aromatic heterocycles. The Morgan fingerprint density at radius 1 is 1.09 bits per heavy atom. The van der Waals surface area contributed by atoms with Crippen molar-refractivity contribution in [2.75, 3.05) is 6.54 Å². The largest absolute Gasteiger partial charge is 0.336 e. The molecular formula is C20H23NO. The fourth-order valence-corrected chi connectivity index (χ4v) is 3.26. The molecule has 2 aromatic carbocycles. The van der Waals surface area contributed by atoms with Crippen LogP contribution in [0.3, 0.4) is 0 Å². The highest BCUT2D eigenvalue weighted by molar-refractivity contribution is 5.81. The van der Waals surface area contributed by atoms with Gasteiger partial charge in [0.1, 0.15) is 0 Å². The molecule has 1 saturated heterocycles. The van der Waals surface area contributed by atoms with E-state index in [1.807, 2.05) is 23.1 Å². The van der Waals surface area contributed by atoms with Crippen molar-refractivity contribution in [2.24, 2.45) is 5.92 Å². The minimum atomic E-state index is 0.133. The van der Waals surface area contributed by atoms with Crippen LogP contribution in [0.4, 0.5) is 0 Å². The van der Waals surface area contributed by atoms with Gasteiger partial charge in [-0.1, -0.05) is 60.2 Å². The minimum absolute atomic E-state index is 0.133. The summed E-state index contributed by atoms with van der Waals surface area (Å²) in [6.45, 7) is 5.08. The van der Waals surface area contributed by atoms with Gasteiger partial charge in [0, 0.05) is 12.5 Å². The first kappa shape index (κ1) is 14.8. The summed E-state index contributed by atoms with van der Waals surface area (Å²) in [5.41, 5.74) is 3.74. The lowest BCUT2D eigenvalue weighted by Gasteiger charge is -2.25. The van der Waals surface area contributed by atoms with Crippen molar-refractivity contribution in [3.63, 3.8) is 0 Å². The summed E-state index contributed by atoms with van der Waals surface area (Å²) >= 11 is 0. The van der Waals surface area contributed by atoms with Gasteiger partial charge in [0.15, 0.2) is 0 Å². The van der Waals surface area contributed by atoms with Gasteiger partial charge in [-0.25, -0.2) is 0 Å². The Morgan fingerprint density at radius 3 is 2.45 bits per heavy atom. The van der Waals surface area contributed by atoms with Crippen molar-refractivity contribution in [2.45, 2.75) is 32.7 Å². The first-order chi connectivity index (χ1) is 10.6. The molecule has 0 spiro atoms. The molecule has 3 rings (SSSR count). The first-order valence-corrected chi connectivity index (χ1v) is 8.06. The van der Waals surface area contributed by atoms with E-state index < -0.39 is 0 Å². The van der Waals surface area contributed by atoms with E-state index in [4.69, 9.17) is 0 Å². The second-order valence-electron chi connectivity index (χ2n) is 6.29. The number of rotatable bonds is 4. The maximum absolute atomic E-state index is 12.7. The molecule has 0 aliphatic carbocycles. The van der Waals surface area contributed by atoms with Crippen LogP contribution < -0.4 is 0 Å². The molecule has 22 heavy (non-hydrogen) atoms. The monoisotopic (exact) mass is 293 g/mol. The highest BCUT2D eigenvalue weighted by Crippen LogP contribution is 2.30. The Labute approximate surface area is 132 Å². The van der Waals surface area contributed by atoms with Gasteiger partial charge in [-0.05, 0) is 37.8 Å². The third kappa shape index (κ3) is 3.06. The molecule has 0 saturated carbocycles. The molecule has 2 nitrogen and oxygen atoms in total. The Balaban J connectivity index is 1.68. The predicted octanol–water partition coefficient (Wildman–Crippen LogP) is 4.15. The molecule has 1 aliphatic heterocycles. The number of likely N-dealkylation sites (tertiary alicyclic amines) is 1. The van der Waals surface area contributed by atoms with Crippen LogP contribution in [0.25, 0.3) is 0 Å². The van der Waals surface area contributed by atoms with E-state index in [0.717, 1.165) is 19.4 Å². The van der Waals surface area contributed by atoms with Gasteiger partial charge >= 0.3 is 0 Å². The van der Waals surface area contributed by atoms with Crippen LogP contribution in [0.5, 0.6) is 0 Å². The number of carbonyl (C=O) groups excluding carboxylic acids is 1. The summed E-state index contributed by atoms with van der Waals surface area (Å²) < 4.78 is 0. The number of benzene rings is 2. The smallest absolute Gasteiger partial charge is 0.226 e. The number of aryl methyl sites for hydroxylation is 1. The average Bonchev–Trinajstić information content (AvgIpc) is 2.91. The zero-order valence-corrected chi connectivity index (χ0v) is 13.3. The zero-order chi connectivity index (χ0) is 15.5. The van der Waals surface area contributed by atoms with Crippen molar-refractivity contribution in [3.8, 4) is 0 Å². The molecule has 1 aliphatic rings. The van der Waals surface area contributed by atoms with E-state index in [9.17, 15) is 4.79 Å². The van der Waals surface area contributed by atoms with Crippen LogP contribution in [-0.4, -0.2) is 17.4 Å². The quantitative estimate of drug-likeness (QED) is 0.829. The summed E-state index contributed by atoms with van der Waals surface area (Å²) in [5.74, 6) is 0.436. The predicted molar refractivity (Wildman–Crippen MR) is 89.6 cm³/mol. The van der Waals surface area contributed by atoms with Crippen LogP contribution in [0, 0.1) is 12.8 Å². The Bertz CT molecular complexity index is 633. The molecule has 0 unspecified atom stereocenters. The zero-order valence-electron chi connectivity index (χ0n) is 13.3. The Kier molecular flexibility index (Phi) is 4.28. The van der Waals surface area contributed by atoms with Gasteiger partial charge in [-0.15, -0.1) is 0 Å². The molecule has 2 heteroatoms. The third-order valence-corrected chi connectivity index (χ3v) is 4.70. The molecule has 0 N–H and O–H groups in total. The van der Waals surface area contributed by atoms with Gasteiger partial charge in [0.25, 0.3) is 0 Å². The summed E-state index contributed by atoms with van der Waals surface area (Å²) in [6.07, 6.45) is 1.82. The molecule has 2 aromatic rings. The number of carbonyl (C=O) groups is 1. The normalized spacial score (nSPS) is 19.5. The van der Waals surface area contributed by atoms with Crippen LogP contribution in [0.2, 0.25) is 0 Å². The summed E-state index contributed by atoms with van der Waals surface area (Å²) in [5, 5.41) is 0. The van der Waals surface area contributed by atoms with Gasteiger partial charge in [-0.2, -0.15) is 0 Å². The van der Waals surface area contributed by atoms with Crippen LogP contribution in [0.1, 0.15) is 36.1 Å². The van der Waals surface area contributed by atoms with E-state index in [1.54, 1.807) is 0 Å². The molecular weight excluding hydrogens is 270 g/mol. The molecule has 1 fully saturated rings. The number of hydrogen-bond donors (Lipinski definition) is 0. The average molecular weight is 293 g/mol. The van der Waals surface area contributed by atoms with Crippen LogP contribution in [-0.2, 0) is 11.2 Å². The third-order valence-electron chi connectivity index (χ3n) is 4.70. The van der Waals surface area contributed by atoms with E-state index in [1.165, 1.54) is 16.7 Å². The lowest BCUT2D eigenvalue weighted by atomic mass is 9.97. The Hall–Kier alpha value is -2.09. The van der Waals surface area contributed by atoms with Gasteiger partial charge in [0.05, 0.1) is 6.04 Å². The fraction of sp³-hybridized carbons (Fsp3) is 0.350. The number of amides is 1. The van der Waals surface area contributed by atoms with Gasteiger partial charge in [-0.3, -0.25) is 4.79 Å². The van der Waals surface area contributed by atoms with Crippen molar-refractivity contribution in [1.82, 2.24) is 4.90 Å². The molecule has 1 heterocycles. The summed E-state index contributed by atoms with van der Waals surface area (Å²) in [6, 6.07) is 19.0. The molecule has 1 amide bonds. The van der Waals surface area contributed by atoms with E-state index >= 15 is 0 Å². The number of nitrogens with zero attached hydrogens (tertiary/aromatic N) is 1. The maximum atomic E-state index is 12.7. The second-order valence-corrected chi connectivity index (χ2v) is 6.29. The van der Waals surface area contributed by atoms with Crippen molar-refractivity contribution in [1.29, 1.82) is 0 Å². The molecule has 0 radical (unpaired) electrons. The highest BCUT2D eigenvalue weighted by atomic mass is 16.2. The summed E-state index contributed by atoms with van der Waals surface area (Å²) in [4.78, 5) is 14.8. The Morgan fingerprint density at radius 2 is 1.77 bits per heavy atom. The van der Waals surface area contributed by atoms with Crippen molar-refractivity contribution < 1.29 is 4.79 Å². The van der Waals surface area contributed by atoms with Gasteiger partial charge in [0.2, 0.25) is 5.91 Å². The number of hydrogen-bond acceptors (Lipinski definition) is 1.